The number of nitrogens with one attached hydrogen (secondary N) is 1. The van der Waals surface area contributed by atoms with Crippen LogP contribution in [0.15, 0.2) is 35.1 Å². The monoisotopic (exact) mass is 260 g/mol. The van der Waals surface area contributed by atoms with Gasteiger partial charge in [-0.15, -0.1) is 0 Å². The Kier molecular flexibility index (Phi) is 3.39. The molecule has 0 spiro atoms. The van der Waals surface area contributed by atoms with E-state index in [0.717, 1.165) is 0 Å². The molecule has 0 amide bonds. The number of aromatic amines is 1. The number of nitro groups is 1. The third-order valence-corrected chi connectivity index (χ3v) is 2.58. The fourth-order valence-corrected chi connectivity index (χ4v) is 1.59. The van der Waals surface area contributed by atoms with Crippen molar-refractivity contribution >= 4 is 5.69 Å². The SMILES string of the molecule is CC(N)c1cc(=O)[nH]c(-c2ccc([N+](=O)[O-])cc2)n1. The van der Waals surface area contributed by atoms with Gasteiger partial charge in [-0.3, -0.25) is 14.9 Å². The van der Waals surface area contributed by atoms with E-state index in [2.05, 4.69) is 9.97 Å². The third kappa shape index (κ3) is 2.83. The highest BCUT2D eigenvalue weighted by molar-refractivity contribution is 5.57. The van der Waals surface area contributed by atoms with Crippen molar-refractivity contribution in [2.75, 3.05) is 0 Å². The number of aromatic nitrogens is 2. The number of non-ortho nitro benzene ring substituents is 1. The molecule has 2 aromatic rings. The van der Waals surface area contributed by atoms with Crippen molar-refractivity contribution in [3.63, 3.8) is 0 Å². The molecule has 7 heteroatoms. The predicted molar refractivity (Wildman–Crippen MR) is 69.6 cm³/mol. The Labute approximate surface area is 108 Å². The second-order valence-electron chi connectivity index (χ2n) is 4.11. The Hall–Kier alpha value is -2.54. The topological polar surface area (TPSA) is 115 Å². The van der Waals surface area contributed by atoms with Crippen LogP contribution in [-0.2, 0) is 0 Å². The van der Waals surface area contributed by atoms with Crippen LogP contribution in [0.4, 0.5) is 5.69 Å². The molecule has 3 N–H and O–H groups in total. The molecule has 0 fully saturated rings. The fraction of sp³-hybridized carbons (Fsp3) is 0.167. The van der Waals surface area contributed by atoms with Crippen LogP contribution in [0.1, 0.15) is 18.7 Å². The van der Waals surface area contributed by atoms with Gasteiger partial charge in [0.05, 0.1) is 10.6 Å². The van der Waals surface area contributed by atoms with E-state index in [1.54, 1.807) is 6.92 Å². The summed E-state index contributed by atoms with van der Waals surface area (Å²) in [5, 5.41) is 10.6. The van der Waals surface area contributed by atoms with Gasteiger partial charge in [-0.1, -0.05) is 0 Å². The number of nitrogens with zero attached hydrogens (tertiary/aromatic N) is 2. The minimum absolute atomic E-state index is 0.0190. The van der Waals surface area contributed by atoms with E-state index in [1.807, 2.05) is 0 Å². The van der Waals surface area contributed by atoms with Gasteiger partial charge < -0.3 is 10.7 Å². The van der Waals surface area contributed by atoms with Crippen molar-refractivity contribution in [1.29, 1.82) is 0 Å². The van der Waals surface area contributed by atoms with Gasteiger partial charge in [-0.05, 0) is 19.1 Å². The van der Waals surface area contributed by atoms with Crippen LogP contribution in [0, 0.1) is 10.1 Å². The average Bonchev–Trinajstić information content (AvgIpc) is 2.38. The molecule has 1 heterocycles. The molecule has 0 saturated carbocycles. The molecule has 0 aliphatic rings. The van der Waals surface area contributed by atoms with E-state index < -0.39 is 4.92 Å². The predicted octanol–water partition coefficient (Wildman–Crippen LogP) is 1.36. The molecule has 0 aliphatic heterocycles. The second kappa shape index (κ2) is 4.99. The van der Waals surface area contributed by atoms with Gasteiger partial charge in [-0.25, -0.2) is 4.98 Å². The Morgan fingerprint density at radius 2 is 2.00 bits per heavy atom. The van der Waals surface area contributed by atoms with Crippen LogP contribution in [-0.4, -0.2) is 14.9 Å². The first kappa shape index (κ1) is 12.9. The quantitative estimate of drug-likeness (QED) is 0.638. The summed E-state index contributed by atoms with van der Waals surface area (Å²) in [6, 6.07) is 6.74. The summed E-state index contributed by atoms with van der Waals surface area (Å²) in [6.45, 7) is 1.72. The van der Waals surface area contributed by atoms with Crippen molar-refractivity contribution in [1.82, 2.24) is 9.97 Å². The van der Waals surface area contributed by atoms with Gasteiger partial charge in [-0.2, -0.15) is 0 Å². The zero-order valence-corrected chi connectivity index (χ0v) is 10.2. The maximum Gasteiger partial charge on any atom is 0.269 e. The van der Waals surface area contributed by atoms with Crippen molar-refractivity contribution in [2.24, 2.45) is 5.73 Å². The zero-order chi connectivity index (χ0) is 14.0. The van der Waals surface area contributed by atoms with E-state index in [-0.39, 0.29) is 17.3 Å². The van der Waals surface area contributed by atoms with Crippen molar-refractivity contribution < 1.29 is 4.92 Å². The molecule has 19 heavy (non-hydrogen) atoms. The normalized spacial score (nSPS) is 12.1. The number of nitro benzene ring substituents is 1. The van der Waals surface area contributed by atoms with Gasteiger partial charge in [0, 0.05) is 29.8 Å². The number of benzene rings is 1. The summed E-state index contributed by atoms with van der Waals surface area (Å²) in [5.41, 5.74) is 6.42. The Balaban J connectivity index is 2.46. The second-order valence-corrected chi connectivity index (χ2v) is 4.11. The minimum atomic E-state index is -0.488. The van der Waals surface area contributed by atoms with Crippen LogP contribution in [0.5, 0.6) is 0 Å². The molecular weight excluding hydrogens is 248 g/mol. The van der Waals surface area contributed by atoms with Crippen molar-refractivity contribution in [3.05, 3.63) is 56.5 Å². The third-order valence-electron chi connectivity index (χ3n) is 2.58. The van der Waals surface area contributed by atoms with Gasteiger partial charge in [0.15, 0.2) is 0 Å². The first-order valence-electron chi connectivity index (χ1n) is 5.59. The van der Waals surface area contributed by atoms with Crippen molar-refractivity contribution in [3.8, 4) is 11.4 Å². The van der Waals surface area contributed by atoms with Crippen LogP contribution in [0.25, 0.3) is 11.4 Å². The standard InChI is InChI=1S/C12H12N4O3/c1-7(13)10-6-11(17)15-12(14-10)8-2-4-9(5-3-8)16(18)19/h2-7H,13H2,1H3,(H,14,15,17). The number of H-pyrrole nitrogens is 1. The summed E-state index contributed by atoms with van der Waals surface area (Å²) in [7, 11) is 0. The van der Waals surface area contributed by atoms with Crippen molar-refractivity contribution in [2.45, 2.75) is 13.0 Å². The minimum Gasteiger partial charge on any atom is -0.323 e. The Bertz CT molecular complexity index is 661. The molecule has 0 bridgehead atoms. The summed E-state index contributed by atoms with van der Waals surface area (Å²) in [4.78, 5) is 28.4. The first-order chi connectivity index (χ1) is 8.97. The highest BCUT2D eigenvalue weighted by Crippen LogP contribution is 2.19. The molecule has 0 radical (unpaired) electrons. The van der Waals surface area contributed by atoms with Crippen LogP contribution >= 0.6 is 0 Å². The number of rotatable bonds is 3. The highest BCUT2D eigenvalue weighted by Gasteiger charge is 2.09. The summed E-state index contributed by atoms with van der Waals surface area (Å²) in [5.74, 6) is 0.342. The van der Waals surface area contributed by atoms with E-state index in [0.29, 0.717) is 17.1 Å². The highest BCUT2D eigenvalue weighted by atomic mass is 16.6. The molecule has 1 aromatic carbocycles. The summed E-state index contributed by atoms with van der Waals surface area (Å²) in [6.07, 6.45) is 0. The maximum atomic E-state index is 11.5. The fourth-order valence-electron chi connectivity index (χ4n) is 1.59. The van der Waals surface area contributed by atoms with E-state index in [4.69, 9.17) is 5.73 Å². The Morgan fingerprint density at radius 1 is 1.37 bits per heavy atom. The lowest BCUT2D eigenvalue weighted by Crippen LogP contribution is -2.15. The molecule has 2 rings (SSSR count). The number of hydrogen-bond acceptors (Lipinski definition) is 5. The van der Waals surface area contributed by atoms with Gasteiger partial charge >= 0.3 is 0 Å². The Morgan fingerprint density at radius 3 is 2.53 bits per heavy atom. The molecule has 1 aromatic heterocycles. The largest absolute Gasteiger partial charge is 0.323 e. The lowest BCUT2D eigenvalue weighted by atomic mass is 10.2. The molecule has 7 nitrogen and oxygen atoms in total. The zero-order valence-electron chi connectivity index (χ0n) is 10.2. The lowest BCUT2D eigenvalue weighted by Gasteiger charge is -2.06. The number of hydrogen-bond donors (Lipinski definition) is 2. The first-order valence-corrected chi connectivity index (χ1v) is 5.59. The van der Waals surface area contributed by atoms with Gasteiger partial charge in [0.1, 0.15) is 5.82 Å². The maximum absolute atomic E-state index is 11.5. The summed E-state index contributed by atoms with van der Waals surface area (Å²) < 4.78 is 0. The molecule has 0 aliphatic carbocycles. The van der Waals surface area contributed by atoms with E-state index >= 15 is 0 Å². The lowest BCUT2D eigenvalue weighted by molar-refractivity contribution is -0.384. The molecule has 98 valence electrons. The van der Waals surface area contributed by atoms with Gasteiger partial charge in [0.25, 0.3) is 11.2 Å². The summed E-state index contributed by atoms with van der Waals surface area (Å²) >= 11 is 0. The molecule has 1 atom stereocenters. The van der Waals surface area contributed by atoms with Crippen LogP contribution in [0.2, 0.25) is 0 Å². The average molecular weight is 260 g/mol. The van der Waals surface area contributed by atoms with Gasteiger partial charge in [0.2, 0.25) is 0 Å². The van der Waals surface area contributed by atoms with Crippen LogP contribution < -0.4 is 11.3 Å². The number of nitrogens with two attached hydrogens (primary N) is 1. The van der Waals surface area contributed by atoms with E-state index in [1.165, 1.54) is 30.3 Å². The smallest absolute Gasteiger partial charge is 0.269 e. The molecule has 0 saturated heterocycles. The molecular formula is C12H12N4O3. The van der Waals surface area contributed by atoms with E-state index in [9.17, 15) is 14.9 Å². The molecule has 1 unspecified atom stereocenters. The van der Waals surface area contributed by atoms with Crippen LogP contribution in [0.3, 0.4) is 0 Å².